The number of carbonyl (C=O) groups excluding carboxylic acids is 1. The quantitative estimate of drug-likeness (QED) is 0.656. The SMILES string of the molecule is CC.CC(=O)CCCCN1CCC(Cn2cc(C(C)C)cn2)CC1. The van der Waals surface area contributed by atoms with Crippen LogP contribution in [0, 0.1) is 5.92 Å². The lowest BCUT2D eigenvalue weighted by Crippen LogP contribution is -2.35. The van der Waals surface area contributed by atoms with Crippen molar-refractivity contribution in [2.24, 2.45) is 5.92 Å². The van der Waals surface area contributed by atoms with Crippen molar-refractivity contribution in [3.63, 3.8) is 0 Å². The maximum absolute atomic E-state index is 10.9. The van der Waals surface area contributed by atoms with Crippen LogP contribution in [0.4, 0.5) is 0 Å². The average Bonchev–Trinajstić information content (AvgIpc) is 3.04. The van der Waals surface area contributed by atoms with Crippen molar-refractivity contribution in [2.45, 2.75) is 79.2 Å². The minimum absolute atomic E-state index is 0.318. The predicted molar refractivity (Wildman–Crippen MR) is 101 cm³/mol. The Morgan fingerprint density at radius 3 is 2.46 bits per heavy atom. The highest BCUT2D eigenvalue weighted by Gasteiger charge is 2.19. The Bertz CT molecular complexity index is 459. The molecule has 4 heteroatoms. The average molecular weight is 336 g/mol. The van der Waals surface area contributed by atoms with Crippen LogP contribution >= 0.6 is 0 Å². The van der Waals surface area contributed by atoms with Crippen molar-refractivity contribution in [1.29, 1.82) is 0 Å². The molecule has 0 aromatic carbocycles. The second-order valence-corrected chi connectivity index (χ2v) is 7.09. The monoisotopic (exact) mass is 335 g/mol. The zero-order valence-electron chi connectivity index (χ0n) is 16.4. The van der Waals surface area contributed by atoms with E-state index in [4.69, 9.17) is 0 Å². The summed E-state index contributed by atoms with van der Waals surface area (Å²) in [4.78, 5) is 13.5. The van der Waals surface area contributed by atoms with Crippen molar-refractivity contribution in [2.75, 3.05) is 19.6 Å². The summed E-state index contributed by atoms with van der Waals surface area (Å²) in [6.45, 7) is 14.7. The molecule has 0 unspecified atom stereocenters. The summed E-state index contributed by atoms with van der Waals surface area (Å²) in [5.41, 5.74) is 1.34. The van der Waals surface area contributed by atoms with E-state index in [9.17, 15) is 4.79 Å². The number of aromatic nitrogens is 2. The highest BCUT2D eigenvalue weighted by atomic mass is 16.1. The first-order valence-corrected chi connectivity index (χ1v) is 9.78. The Balaban J connectivity index is 0.00000139. The Morgan fingerprint density at radius 2 is 1.92 bits per heavy atom. The second-order valence-electron chi connectivity index (χ2n) is 7.09. The van der Waals surface area contributed by atoms with Gasteiger partial charge in [-0.3, -0.25) is 4.68 Å². The Labute approximate surface area is 148 Å². The van der Waals surface area contributed by atoms with Gasteiger partial charge in [0.2, 0.25) is 0 Å². The van der Waals surface area contributed by atoms with Crippen LogP contribution in [-0.4, -0.2) is 40.1 Å². The van der Waals surface area contributed by atoms with Crippen molar-refractivity contribution in [3.05, 3.63) is 18.0 Å². The van der Waals surface area contributed by atoms with E-state index in [0.717, 1.165) is 38.3 Å². The molecule has 0 spiro atoms. The van der Waals surface area contributed by atoms with E-state index in [-0.39, 0.29) is 0 Å². The molecule has 2 rings (SSSR count). The van der Waals surface area contributed by atoms with Crippen LogP contribution in [0.1, 0.15) is 78.2 Å². The number of nitrogens with zero attached hydrogens (tertiary/aromatic N) is 3. The number of hydrogen-bond acceptors (Lipinski definition) is 3. The summed E-state index contributed by atoms with van der Waals surface area (Å²) in [5, 5.41) is 4.50. The van der Waals surface area contributed by atoms with E-state index in [1.54, 1.807) is 6.92 Å². The van der Waals surface area contributed by atoms with Crippen LogP contribution in [0.15, 0.2) is 12.4 Å². The summed E-state index contributed by atoms with van der Waals surface area (Å²) in [6.07, 6.45) is 9.69. The topological polar surface area (TPSA) is 38.1 Å². The van der Waals surface area contributed by atoms with E-state index in [2.05, 4.69) is 34.7 Å². The number of ketones is 1. The fraction of sp³-hybridized carbons (Fsp3) is 0.800. The zero-order valence-corrected chi connectivity index (χ0v) is 16.4. The van der Waals surface area contributed by atoms with Gasteiger partial charge in [0.25, 0.3) is 0 Å². The molecule has 0 bridgehead atoms. The molecular weight excluding hydrogens is 298 g/mol. The molecule has 1 aliphatic heterocycles. The predicted octanol–water partition coefficient (Wildman–Crippen LogP) is 4.50. The summed E-state index contributed by atoms with van der Waals surface area (Å²) in [5.74, 6) is 1.64. The molecule has 0 radical (unpaired) electrons. The molecule has 1 aliphatic rings. The first-order valence-electron chi connectivity index (χ1n) is 9.78. The van der Waals surface area contributed by atoms with Gasteiger partial charge in [-0.2, -0.15) is 5.10 Å². The summed E-state index contributed by atoms with van der Waals surface area (Å²) < 4.78 is 2.13. The molecule has 0 amide bonds. The van der Waals surface area contributed by atoms with Crippen LogP contribution in [0.3, 0.4) is 0 Å². The van der Waals surface area contributed by atoms with Gasteiger partial charge in [0.05, 0.1) is 6.20 Å². The maximum Gasteiger partial charge on any atom is 0.129 e. The van der Waals surface area contributed by atoms with E-state index < -0.39 is 0 Å². The van der Waals surface area contributed by atoms with Crippen molar-refractivity contribution < 1.29 is 4.79 Å². The van der Waals surface area contributed by atoms with Gasteiger partial charge >= 0.3 is 0 Å². The largest absolute Gasteiger partial charge is 0.303 e. The van der Waals surface area contributed by atoms with Crippen molar-refractivity contribution >= 4 is 5.78 Å². The molecular formula is C20H37N3O. The minimum atomic E-state index is 0.318. The smallest absolute Gasteiger partial charge is 0.129 e. The van der Waals surface area contributed by atoms with Gasteiger partial charge in [0.1, 0.15) is 5.78 Å². The lowest BCUT2D eigenvalue weighted by molar-refractivity contribution is -0.117. The third kappa shape index (κ3) is 7.61. The molecule has 4 nitrogen and oxygen atoms in total. The Morgan fingerprint density at radius 1 is 1.25 bits per heavy atom. The van der Waals surface area contributed by atoms with Gasteiger partial charge < -0.3 is 9.69 Å². The highest BCUT2D eigenvalue weighted by Crippen LogP contribution is 2.20. The number of Topliss-reactive ketones (excluding diaryl/α,β-unsaturated/α-hetero) is 1. The van der Waals surface area contributed by atoms with Gasteiger partial charge in [-0.15, -0.1) is 0 Å². The van der Waals surface area contributed by atoms with Crippen LogP contribution in [0.2, 0.25) is 0 Å². The normalized spacial score (nSPS) is 16.1. The molecule has 0 saturated carbocycles. The van der Waals surface area contributed by atoms with Crippen molar-refractivity contribution in [1.82, 2.24) is 14.7 Å². The lowest BCUT2D eigenvalue weighted by atomic mass is 9.96. The van der Waals surface area contributed by atoms with E-state index in [1.165, 1.54) is 31.5 Å². The van der Waals surface area contributed by atoms with Gasteiger partial charge in [-0.25, -0.2) is 0 Å². The Kier molecular flexibility index (Phi) is 9.92. The summed E-state index contributed by atoms with van der Waals surface area (Å²) >= 11 is 0. The molecule has 2 heterocycles. The number of likely N-dealkylation sites (tertiary alicyclic amines) is 1. The third-order valence-corrected chi connectivity index (χ3v) is 4.73. The molecule has 1 aromatic rings. The zero-order chi connectivity index (χ0) is 17.9. The Hall–Kier alpha value is -1.16. The number of hydrogen-bond donors (Lipinski definition) is 0. The molecule has 1 fully saturated rings. The molecule has 1 saturated heterocycles. The number of unbranched alkanes of at least 4 members (excludes halogenated alkanes) is 1. The number of rotatable bonds is 8. The summed E-state index contributed by atoms with van der Waals surface area (Å²) in [7, 11) is 0. The lowest BCUT2D eigenvalue weighted by Gasteiger charge is -2.31. The van der Waals surface area contributed by atoms with Gasteiger partial charge in [0, 0.05) is 19.2 Å². The van der Waals surface area contributed by atoms with Crippen LogP contribution in [0.25, 0.3) is 0 Å². The minimum Gasteiger partial charge on any atom is -0.303 e. The standard InChI is InChI=1S/C18H31N3O.C2H6/c1-15(2)18-12-19-21(14-18)13-17-7-10-20(11-8-17)9-5-4-6-16(3)22;1-2/h12,14-15,17H,4-11,13H2,1-3H3;1-2H3. The maximum atomic E-state index is 10.9. The highest BCUT2D eigenvalue weighted by molar-refractivity contribution is 5.75. The first kappa shape index (κ1) is 20.9. The van der Waals surface area contributed by atoms with Gasteiger partial charge in [-0.1, -0.05) is 27.7 Å². The first-order chi connectivity index (χ1) is 11.5. The van der Waals surface area contributed by atoms with E-state index >= 15 is 0 Å². The van der Waals surface area contributed by atoms with E-state index in [0.29, 0.717) is 11.7 Å². The fourth-order valence-corrected chi connectivity index (χ4v) is 3.14. The molecule has 0 aliphatic carbocycles. The fourth-order valence-electron chi connectivity index (χ4n) is 3.14. The molecule has 138 valence electrons. The van der Waals surface area contributed by atoms with Crippen LogP contribution < -0.4 is 0 Å². The van der Waals surface area contributed by atoms with Crippen LogP contribution in [0.5, 0.6) is 0 Å². The second kappa shape index (κ2) is 11.4. The van der Waals surface area contributed by atoms with Gasteiger partial charge in [0.15, 0.2) is 0 Å². The van der Waals surface area contributed by atoms with Gasteiger partial charge in [-0.05, 0) is 69.6 Å². The third-order valence-electron chi connectivity index (χ3n) is 4.73. The molecule has 0 atom stereocenters. The summed E-state index contributed by atoms with van der Waals surface area (Å²) in [6, 6.07) is 0. The molecule has 1 aromatic heterocycles. The number of carbonyl (C=O) groups is 1. The molecule has 0 N–H and O–H groups in total. The van der Waals surface area contributed by atoms with E-state index in [1.807, 2.05) is 20.0 Å². The molecule has 24 heavy (non-hydrogen) atoms. The number of piperidine rings is 1. The van der Waals surface area contributed by atoms with Crippen molar-refractivity contribution in [3.8, 4) is 0 Å². The van der Waals surface area contributed by atoms with Crippen LogP contribution in [-0.2, 0) is 11.3 Å².